The zero-order chi connectivity index (χ0) is 19.4. The second-order valence-electron chi connectivity index (χ2n) is 7.69. The van der Waals surface area contributed by atoms with Gasteiger partial charge in [-0.05, 0) is 50.3 Å². The average molecular weight is 413 g/mol. The molecule has 2 fully saturated rings. The van der Waals surface area contributed by atoms with E-state index in [0.29, 0.717) is 23.6 Å². The minimum absolute atomic E-state index is 0.148. The van der Waals surface area contributed by atoms with Gasteiger partial charge in [-0.3, -0.25) is 4.79 Å². The molecule has 1 heterocycles. The lowest BCUT2D eigenvalue weighted by Crippen LogP contribution is -2.53. The molecule has 7 heteroatoms. The number of nitrogens with one attached hydrogen (secondary N) is 1. The normalized spacial score (nSPS) is 23.0. The van der Waals surface area contributed by atoms with Gasteiger partial charge in [0.15, 0.2) is 0 Å². The summed E-state index contributed by atoms with van der Waals surface area (Å²) in [6.45, 7) is 2.08. The van der Waals surface area contributed by atoms with Crippen LogP contribution in [-0.2, 0) is 14.8 Å². The third-order valence-electron chi connectivity index (χ3n) is 5.76. The summed E-state index contributed by atoms with van der Waals surface area (Å²) in [5, 5.41) is 3.56. The van der Waals surface area contributed by atoms with Crippen LogP contribution >= 0.6 is 11.6 Å². The third-order valence-corrected chi connectivity index (χ3v) is 8.22. The molecule has 0 spiro atoms. The number of halogens is 1. The molecule has 1 aliphatic carbocycles. The maximum Gasteiger partial charge on any atom is 0.244 e. The highest BCUT2D eigenvalue weighted by Crippen LogP contribution is 2.30. The van der Waals surface area contributed by atoms with E-state index in [4.69, 9.17) is 11.6 Å². The number of nitrogens with zero attached hydrogens (tertiary/aromatic N) is 1. The highest BCUT2D eigenvalue weighted by atomic mass is 35.5. The molecule has 0 unspecified atom stereocenters. The first-order valence-corrected chi connectivity index (χ1v) is 11.8. The minimum atomic E-state index is -3.77. The predicted octanol–water partition coefficient (Wildman–Crippen LogP) is 4.03. The molecule has 1 N–H and O–H groups in total. The molecule has 1 atom stereocenters. The maximum absolute atomic E-state index is 13.3. The number of piperidine rings is 1. The number of carbonyl (C=O) groups is 1. The molecule has 1 aromatic rings. The van der Waals surface area contributed by atoms with Gasteiger partial charge in [0.25, 0.3) is 0 Å². The number of amides is 1. The largest absolute Gasteiger partial charge is 0.352 e. The SMILES string of the molecule is Cc1c(Cl)cccc1S(=O)(=O)N1CCCC[C@@H]1C(=O)NC1CCCCCC1. The molecule has 1 amide bonds. The van der Waals surface area contributed by atoms with Crippen LogP contribution in [0.15, 0.2) is 23.1 Å². The Hall–Kier alpha value is -1.11. The van der Waals surface area contributed by atoms with Crippen molar-refractivity contribution in [2.75, 3.05) is 6.54 Å². The number of carbonyl (C=O) groups excluding carboxylic acids is 1. The first-order valence-electron chi connectivity index (χ1n) is 9.98. The van der Waals surface area contributed by atoms with E-state index in [1.54, 1.807) is 25.1 Å². The predicted molar refractivity (Wildman–Crippen MR) is 107 cm³/mol. The van der Waals surface area contributed by atoms with E-state index in [0.717, 1.165) is 38.5 Å². The Labute approximate surface area is 167 Å². The Balaban J connectivity index is 1.82. The Morgan fingerprint density at radius 2 is 1.74 bits per heavy atom. The zero-order valence-electron chi connectivity index (χ0n) is 15.9. The smallest absolute Gasteiger partial charge is 0.244 e. The van der Waals surface area contributed by atoms with Gasteiger partial charge in [-0.1, -0.05) is 49.8 Å². The molecule has 1 aliphatic heterocycles. The summed E-state index contributed by atoms with van der Waals surface area (Å²) in [5.74, 6) is -0.148. The highest BCUT2D eigenvalue weighted by molar-refractivity contribution is 7.89. The van der Waals surface area contributed by atoms with E-state index in [1.807, 2.05) is 0 Å². The van der Waals surface area contributed by atoms with Crippen LogP contribution in [0, 0.1) is 6.92 Å². The topological polar surface area (TPSA) is 66.5 Å². The number of hydrogen-bond acceptors (Lipinski definition) is 3. The van der Waals surface area contributed by atoms with E-state index < -0.39 is 16.1 Å². The summed E-state index contributed by atoms with van der Waals surface area (Å²) in [6.07, 6.45) is 8.84. The number of benzene rings is 1. The van der Waals surface area contributed by atoms with Crippen molar-refractivity contribution in [2.45, 2.75) is 81.7 Å². The molecule has 5 nitrogen and oxygen atoms in total. The number of sulfonamides is 1. The molecule has 1 aromatic carbocycles. The first kappa shape index (κ1) is 20.6. The van der Waals surface area contributed by atoms with Gasteiger partial charge in [-0.25, -0.2) is 8.42 Å². The van der Waals surface area contributed by atoms with Crippen molar-refractivity contribution in [2.24, 2.45) is 0 Å². The Bertz CT molecular complexity index is 773. The molecule has 0 bridgehead atoms. The molecule has 2 aliphatic rings. The van der Waals surface area contributed by atoms with Gasteiger partial charge in [0.1, 0.15) is 6.04 Å². The first-order chi connectivity index (χ1) is 12.9. The molecule has 1 saturated heterocycles. The van der Waals surface area contributed by atoms with Crippen LogP contribution in [0.5, 0.6) is 0 Å². The average Bonchev–Trinajstić information content (AvgIpc) is 2.92. The van der Waals surface area contributed by atoms with Crippen molar-refractivity contribution in [3.8, 4) is 0 Å². The van der Waals surface area contributed by atoms with Gasteiger partial charge < -0.3 is 5.32 Å². The third kappa shape index (κ3) is 4.66. The van der Waals surface area contributed by atoms with Gasteiger partial charge in [0.2, 0.25) is 15.9 Å². The molecule has 150 valence electrons. The van der Waals surface area contributed by atoms with Crippen molar-refractivity contribution < 1.29 is 13.2 Å². The second kappa shape index (κ2) is 8.93. The number of rotatable bonds is 4. The minimum Gasteiger partial charge on any atom is -0.352 e. The highest BCUT2D eigenvalue weighted by Gasteiger charge is 2.38. The fourth-order valence-electron chi connectivity index (χ4n) is 4.17. The van der Waals surface area contributed by atoms with E-state index in [9.17, 15) is 13.2 Å². The van der Waals surface area contributed by atoms with Crippen LogP contribution in [0.3, 0.4) is 0 Å². The monoisotopic (exact) mass is 412 g/mol. The molecule has 0 radical (unpaired) electrons. The lowest BCUT2D eigenvalue weighted by atomic mass is 10.0. The van der Waals surface area contributed by atoms with Crippen LogP contribution in [0.2, 0.25) is 5.02 Å². The van der Waals surface area contributed by atoms with Gasteiger partial charge in [-0.2, -0.15) is 4.31 Å². The lowest BCUT2D eigenvalue weighted by Gasteiger charge is -2.35. The van der Waals surface area contributed by atoms with Crippen LogP contribution < -0.4 is 5.32 Å². The standard InChI is InChI=1S/C20H29ClN2O3S/c1-15-17(21)11-8-13-19(15)27(25,26)23-14-7-6-12-18(23)20(24)22-16-9-4-2-3-5-10-16/h8,11,13,16,18H,2-7,9-10,12,14H2,1H3,(H,22,24)/t18-/m1/s1. The van der Waals surface area contributed by atoms with Gasteiger partial charge in [0, 0.05) is 17.6 Å². The van der Waals surface area contributed by atoms with E-state index in [2.05, 4.69) is 5.32 Å². The summed E-state index contributed by atoms with van der Waals surface area (Å²) in [6, 6.07) is 4.44. The van der Waals surface area contributed by atoms with Crippen molar-refractivity contribution >= 4 is 27.5 Å². The van der Waals surface area contributed by atoms with E-state index >= 15 is 0 Å². The summed E-state index contributed by atoms with van der Waals surface area (Å²) >= 11 is 6.14. The van der Waals surface area contributed by atoms with Gasteiger partial charge >= 0.3 is 0 Å². The molecule has 27 heavy (non-hydrogen) atoms. The maximum atomic E-state index is 13.3. The van der Waals surface area contributed by atoms with Crippen molar-refractivity contribution in [3.63, 3.8) is 0 Å². The Morgan fingerprint density at radius 1 is 1.07 bits per heavy atom. The summed E-state index contributed by atoms with van der Waals surface area (Å²) in [7, 11) is -3.77. The van der Waals surface area contributed by atoms with Crippen LogP contribution in [0.4, 0.5) is 0 Å². The van der Waals surface area contributed by atoms with Crippen molar-refractivity contribution in [1.82, 2.24) is 9.62 Å². The van der Waals surface area contributed by atoms with Crippen LogP contribution in [0.25, 0.3) is 0 Å². The molecule has 1 saturated carbocycles. The van der Waals surface area contributed by atoms with Crippen molar-refractivity contribution in [3.05, 3.63) is 28.8 Å². The van der Waals surface area contributed by atoms with Gasteiger partial charge in [-0.15, -0.1) is 0 Å². The summed E-state index contributed by atoms with van der Waals surface area (Å²) in [5.41, 5.74) is 0.535. The Kier molecular flexibility index (Phi) is 6.82. The zero-order valence-corrected chi connectivity index (χ0v) is 17.5. The molecular formula is C20H29ClN2O3S. The Morgan fingerprint density at radius 3 is 2.44 bits per heavy atom. The lowest BCUT2D eigenvalue weighted by molar-refractivity contribution is -0.126. The van der Waals surface area contributed by atoms with E-state index in [1.165, 1.54) is 17.1 Å². The van der Waals surface area contributed by atoms with Gasteiger partial charge in [0.05, 0.1) is 4.90 Å². The van der Waals surface area contributed by atoms with Crippen molar-refractivity contribution in [1.29, 1.82) is 0 Å². The number of hydrogen-bond donors (Lipinski definition) is 1. The molecule has 3 rings (SSSR count). The quantitative estimate of drug-likeness (QED) is 0.759. The molecule has 0 aromatic heterocycles. The van der Waals surface area contributed by atoms with Crippen LogP contribution in [-0.4, -0.2) is 37.3 Å². The summed E-state index contributed by atoms with van der Waals surface area (Å²) in [4.78, 5) is 13.2. The second-order valence-corrected chi connectivity index (χ2v) is 9.95. The van der Waals surface area contributed by atoms with Crippen LogP contribution in [0.1, 0.15) is 63.4 Å². The molecular weight excluding hydrogens is 384 g/mol. The van der Waals surface area contributed by atoms with E-state index in [-0.39, 0.29) is 16.8 Å². The summed E-state index contributed by atoms with van der Waals surface area (Å²) < 4.78 is 28.0. The fraction of sp³-hybridized carbons (Fsp3) is 0.650. The fourth-order valence-corrected chi connectivity index (χ4v) is 6.31.